The van der Waals surface area contributed by atoms with E-state index in [1.54, 1.807) is 10.9 Å². The smallest absolute Gasteiger partial charge is 0.226 e. The van der Waals surface area contributed by atoms with Crippen LogP contribution in [0.1, 0.15) is 23.6 Å². The van der Waals surface area contributed by atoms with Crippen molar-refractivity contribution in [3.05, 3.63) is 66.0 Å². The summed E-state index contributed by atoms with van der Waals surface area (Å²) in [6, 6.07) is 15.8. The van der Waals surface area contributed by atoms with Gasteiger partial charge in [0.2, 0.25) is 5.91 Å². The van der Waals surface area contributed by atoms with Gasteiger partial charge in [-0.1, -0.05) is 36.4 Å². The number of amides is 1. The maximum atomic E-state index is 12.1. The Morgan fingerprint density at radius 1 is 1.13 bits per heavy atom. The molecule has 1 aliphatic heterocycles. The van der Waals surface area contributed by atoms with Crippen LogP contribution < -0.4 is 5.32 Å². The number of aryl methyl sites for hydroxylation is 1. The van der Waals surface area contributed by atoms with E-state index in [2.05, 4.69) is 15.4 Å². The summed E-state index contributed by atoms with van der Waals surface area (Å²) < 4.78 is 1.74. The lowest BCUT2D eigenvalue weighted by Gasteiger charge is -2.23. The van der Waals surface area contributed by atoms with Gasteiger partial charge in [-0.05, 0) is 12.1 Å². The first-order valence-electron chi connectivity index (χ1n) is 7.57. The molecule has 0 fully saturated rings. The quantitative estimate of drug-likeness (QED) is 0.792. The SMILES string of the molecule is Cn1nc(-c2ccccc2)c2c1NC(=O)C[C@@H]2c1ccccn1. The molecule has 1 N–H and O–H groups in total. The van der Waals surface area contributed by atoms with Crippen LogP contribution in [0.4, 0.5) is 5.82 Å². The molecule has 0 saturated heterocycles. The first kappa shape index (κ1) is 13.7. The average molecular weight is 304 g/mol. The highest BCUT2D eigenvalue weighted by molar-refractivity contribution is 5.96. The lowest BCUT2D eigenvalue weighted by Crippen LogP contribution is -2.25. The number of pyridine rings is 1. The highest BCUT2D eigenvalue weighted by atomic mass is 16.1. The zero-order chi connectivity index (χ0) is 15.8. The molecule has 5 nitrogen and oxygen atoms in total. The van der Waals surface area contributed by atoms with Gasteiger partial charge in [-0.15, -0.1) is 0 Å². The summed E-state index contributed by atoms with van der Waals surface area (Å²) in [4.78, 5) is 16.6. The number of rotatable bonds is 2. The highest BCUT2D eigenvalue weighted by Gasteiger charge is 2.33. The van der Waals surface area contributed by atoms with Gasteiger partial charge in [-0.3, -0.25) is 14.5 Å². The number of carbonyl (C=O) groups is 1. The van der Waals surface area contributed by atoms with Gasteiger partial charge in [0, 0.05) is 42.4 Å². The second-order valence-corrected chi connectivity index (χ2v) is 5.66. The molecule has 3 heterocycles. The van der Waals surface area contributed by atoms with Crippen LogP contribution in [-0.4, -0.2) is 20.7 Å². The van der Waals surface area contributed by atoms with E-state index in [-0.39, 0.29) is 11.8 Å². The van der Waals surface area contributed by atoms with E-state index in [9.17, 15) is 4.79 Å². The molecule has 4 rings (SSSR count). The van der Waals surface area contributed by atoms with Crippen molar-refractivity contribution in [3.63, 3.8) is 0 Å². The lowest BCUT2D eigenvalue weighted by atomic mass is 9.87. The van der Waals surface area contributed by atoms with Crippen LogP contribution in [0.15, 0.2) is 54.7 Å². The zero-order valence-corrected chi connectivity index (χ0v) is 12.7. The predicted octanol–water partition coefficient (Wildman–Crippen LogP) is 2.96. The van der Waals surface area contributed by atoms with Crippen molar-refractivity contribution in [2.45, 2.75) is 12.3 Å². The normalized spacial score (nSPS) is 16.7. The van der Waals surface area contributed by atoms with Crippen LogP contribution in [0.25, 0.3) is 11.3 Å². The number of benzene rings is 1. The topological polar surface area (TPSA) is 59.8 Å². The monoisotopic (exact) mass is 304 g/mol. The highest BCUT2D eigenvalue weighted by Crippen LogP contribution is 2.41. The number of nitrogens with zero attached hydrogens (tertiary/aromatic N) is 3. The van der Waals surface area contributed by atoms with Crippen LogP contribution >= 0.6 is 0 Å². The van der Waals surface area contributed by atoms with Crippen LogP contribution in [0.2, 0.25) is 0 Å². The minimum atomic E-state index is -0.0798. The van der Waals surface area contributed by atoms with Crippen molar-refractivity contribution in [3.8, 4) is 11.3 Å². The molecule has 114 valence electrons. The fourth-order valence-electron chi connectivity index (χ4n) is 3.13. The van der Waals surface area contributed by atoms with Gasteiger partial charge in [0.15, 0.2) is 0 Å². The maximum Gasteiger partial charge on any atom is 0.226 e. The number of nitrogens with one attached hydrogen (secondary N) is 1. The van der Waals surface area contributed by atoms with Crippen molar-refractivity contribution < 1.29 is 4.79 Å². The second kappa shape index (κ2) is 5.35. The summed E-state index contributed by atoms with van der Waals surface area (Å²) in [5.74, 6) is 0.676. The lowest BCUT2D eigenvalue weighted by molar-refractivity contribution is -0.116. The summed E-state index contributed by atoms with van der Waals surface area (Å²) in [6.07, 6.45) is 2.15. The van der Waals surface area contributed by atoms with Crippen LogP contribution in [-0.2, 0) is 11.8 Å². The zero-order valence-electron chi connectivity index (χ0n) is 12.7. The molecule has 0 saturated carbocycles. The van der Waals surface area contributed by atoms with Crippen molar-refractivity contribution in [2.24, 2.45) is 7.05 Å². The van der Waals surface area contributed by atoms with E-state index in [1.165, 1.54) is 0 Å². The van der Waals surface area contributed by atoms with Crippen LogP contribution in [0, 0.1) is 0 Å². The Hall–Kier alpha value is -2.95. The first-order chi connectivity index (χ1) is 11.2. The standard InChI is InChI=1S/C18H16N4O/c1-22-18-16(17(21-22)12-7-3-2-4-8-12)13(11-15(23)20-18)14-9-5-6-10-19-14/h2-10,13H,11H2,1H3,(H,20,23)/t13-/m1/s1. The van der Waals surface area contributed by atoms with E-state index in [0.717, 1.165) is 28.3 Å². The minimum Gasteiger partial charge on any atom is -0.311 e. The molecule has 0 spiro atoms. The van der Waals surface area contributed by atoms with Gasteiger partial charge < -0.3 is 5.32 Å². The number of carbonyl (C=O) groups excluding carboxylic acids is 1. The van der Waals surface area contributed by atoms with Crippen molar-refractivity contribution in [2.75, 3.05) is 5.32 Å². The fourth-order valence-corrected chi connectivity index (χ4v) is 3.13. The number of hydrogen-bond donors (Lipinski definition) is 1. The summed E-state index contributed by atoms with van der Waals surface area (Å²) >= 11 is 0. The van der Waals surface area contributed by atoms with E-state index < -0.39 is 0 Å². The molecule has 5 heteroatoms. The third-order valence-corrected chi connectivity index (χ3v) is 4.17. The Morgan fingerprint density at radius 3 is 2.65 bits per heavy atom. The Kier molecular flexibility index (Phi) is 3.19. The van der Waals surface area contributed by atoms with Gasteiger partial charge in [-0.2, -0.15) is 5.10 Å². The molecule has 0 aliphatic carbocycles. The summed E-state index contributed by atoms with van der Waals surface area (Å²) in [5, 5.41) is 7.60. The van der Waals surface area contributed by atoms with Crippen molar-refractivity contribution in [1.29, 1.82) is 0 Å². The minimum absolute atomic E-state index is 0.00392. The molecule has 23 heavy (non-hydrogen) atoms. The molecule has 1 aromatic carbocycles. The maximum absolute atomic E-state index is 12.1. The van der Waals surface area contributed by atoms with E-state index in [4.69, 9.17) is 0 Å². The van der Waals surface area contributed by atoms with E-state index >= 15 is 0 Å². The number of anilines is 1. The molecular formula is C18H16N4O. The van der Waals surface area contributed by atoms with E-state index in [1.807, 2.05) is 55.6 Å². The van der Waals surface area contributed by atoms with Gasteiger partial charge in [-0.25, -0.2) is 0 Å². The van der Waals surface area contributed by atoms with Crippen molar-refractivity contribution in [1.82, 2.24) is 14.8 Å². The van der Waals surface area contributed by atoms with Crippen LogP contribution in [0.5, 0.6) is 0 Å². The van der Waals surface area contributed by atoms with Crippen molar-refractivity contribution >= 4 is 11.7 Å². The average Bonchev–Trinajstić information content (AvgIpc) is 2.93. The number of fused-ring (bicyclic) bond motifs is 1. The Labute approximate surface area is 134 Å². The fraction of sp³-hybridized carbons (Fsp3) is 0.167. The molecule has 0 radical (unpaired) electrons. The summed E-state index contributed by atoms with van der Waals surface area (Å²) in [7, 11) is 1.85. The third kappa shape index (κ3) is 2.30. The van der Waals surface area contributed by atoms with Gasteiger partial charge in [0.1, 0.15) is 5.82 Å². The van der Waals surface area contributed by atoms with E-state index in [0.29, 0.717) is 6.42 Å². The Morgan fingerprint density at radius 2 is 1.91 bits per heavy atom. The number of hydrogen-bond acceptors (Lipinski definition) is 3. The Balaban J connectivity index is 1.93. The molecule has 3 aromatic rings. The molecular weight excluding hydrogens is 288 g/mol. The molecule has 1 amide bonds. The van der Waals surface area contributed by atoms with Gasteiger partial charge in [0.25, 0.3) is 0 Å². The Bertz CT molecular complexity index is 855. The van der Waals surface area contributed by atoms with Gasteiger partial charge in [0.05, 0.1) is 5.69 Å². The third-order valence-electron chi connectivity index (χ3n) is 4.17. The predicted molar refractivity (Wildman–Crippen MR) is 88.0 cm³/mol. The molecule has 2 aromatic heterocycles. The molecule has 0 unspecified atom stereocenters. The van der Waals surface area contributed by atoms with Crippen LogP contribution in [0.3, 0.4) is 0 Å². The second-order valence-electron chi connectivity index (χ2n) is 5.66. The summed E-state index contributed by atoms with van der Waals surface area (Å²) in [5.41, 5.74) is 3.88. The summed E-state index contributed by atoms with van der Waals surface area (Å²) in [6.45, 7) is 0. The molecule has 1 aliphatic rings. The van der Waals surface area contributed by atoms with Gasteiger partial charge >= 0.3 is 0 Å². The molecule has 0 bridgehead atoms. The largest absolute Gasteiger partial charge is 0.311 e. The first-order valence-corrected chi connectivity index (χ1v) is 7.57. The molecule has 1 atom stereocenters. The number of aromatic nitrogens is 3.